The zero-order chi connectivity index (χ0) is 25.1. The fraction of sp³-hybridized carbons (Fsp3) is 0.200. The van der Waals surface area contributed by atoms with Crippen molar-refractivity contribution in [3.63, 3.8) is 0 Å². The summed E-state index contributed by atoms with van der Waals surface area (Å²) >= 11 is 0. The molecule has 0 saturated heterocycles. The van der Waals surface area contributed by atoms with Crippen LogP contribution in [0.3, 0.4) is 0 Å². The summed E-state index contributed by atoms with van der Waals surface area (Å²) < 4.78 is 26.1. The van der Waals surface area contributed by atoms with Gasteiger partial charge in [0.15, 0.2) is 11.6 Å². The summed E-state index contributed by atoms with van der Waals surface area (Å²) in [5, 5.41) is 2.63. The fourth-order valence-electron chi connectivity index (χ4n) is 3.75. The highest BCUT2D eigenvalue weighted by Crippen LogP contribution is 2.28. The minimum absolute atomic E-state index is 0.0244. The minimum Gasteiger partial charge on any atom is -0.494 e. The Kier molecular flexibility index (Phi) is 6.74. The number of benzene rings is 2. The van der Waals surface area contributed by atoms with E-state index in [1.807, 2.05) is 11.5 Å². The molecule has 4 aromatic rings. The highest BCUT2D eigenvalue weighted by molar-refractivity contribution is 6.08. The average Bonchev–Trinajstić information content (AvgIpc) is 3.27. The predicted octanol–water partition coefficient (Wildman–Crippen LogP) is 4.09. The molecule has 10 heteroatoms. The average molecular weight is 477 g/mol. The first-order chi connectivity index (χ1) is 16.8. The van der Waals surface area contributed by atoms with E-state index in [9.17, 15) is 14.0 Å². The largest absolute Gasteiger partial charge is 0.494 e. The molecule has 9 nitrogen and oxygen atoms in total. The van der Waals surface area contributed by atoms with Crippen molar-refractivity contribution >= 4 is 34.4 Å². The third-order valence-corrected chi connectivity index (χ3v) is 5.37. The Labute approximate surface area is 201 Å². The molecule has 180 valence electrons. The number of nitrogens with zero attached hydrogens (tertiary/aromatic N) is 4. The van der Waals surface area contributed by atoms with Gasteiger partial charge in [-0.05, 0) is 48.9 Å². The number of carbonyl (C=O) groups is 2. The number of ether oxygens (including phenoxy) is 2. The Morgan fingerprint density at radius 2 is 1.91 bits per heavy atom. The van der Waals surface area contributed by atoms with E-state index in [1.165, 1.54) is 44.2 Å². The summed E-state index contributed by atoms with van der Waals surface area (Å²) in [6.45, 7) is 3.24. The topological polar surface area (TPSA) is 98.6 Å². The molecule has 0 unspecified atom stereocenters. The Morgan fingerprint density at radius 1 is 1.11 bits per heavy atom. The number of fused-ring (bicyclic) bond motifs is 1. The number of imidazole rings is 1. The van der Waals surface area contributed by atoms with E-state index in [2.05, 4.69) is 15.3 Å². The van der Waals surface area contributed by atoms with Crippen LogP contribution in [-0.4, -0.2) is 47.3 Å². The quantitative estimate of drug-likeness (QED) is 0.403. The number of carbonyl (C=O) groups excluding carboxylic acids is 2. The van der Waals surface area contributed by atoms with Gasteiger partial charge in [0.2, 0.25) is 5.91 Å². The van der Waals surface area contributed by atoms with Gasteiger partial charge in [0.05, 0.1) is 35.7 Å². The van der Waals surface area contributed by atoms with E-state index < -0.39 is 5.82 Å². The minimum atomic E-state index is -0.527. The van der Waals surface area contributed by atoms with Gasteiger partial charge in [-0.25, -0.2) is 14.4 Å². The number of pyridine rings is 1. The Bertz CT molecular complexity index is 1400. The number of rotatable bonds is 7. The highest BCUT2D eigenvalue weighted by atomic mass is 19.1. The number of nitrogens with one attached hydrogen (secondary N) is 1. The molecule has 0 aliphatic rings. The SMILES string of the molecule is COCN(C(=O)c1cc(C)c2ncn(-c3ccc(NC(C)=O)nc3)c2c1)c1ccc(F)c(OC)c1. The molecule has 0 spiro atoms. The first kappa shape index (κ1) is 23.8. The van der Waals surface area contributed by atoms with Gasteiger partial charge in [0.1, 0.15) is 18.9 Å². The fourth-order valence-corrected chi connectivity index (χ4v) is 3.75. The first-order valence-electron chi connectivity index (χ1n) is 10.7. The van der Waals surface area contributed by atoms with Gasteiger partial charge in [-0.1, -0.05) is 0 Å². The summed E-state index contributed by atoms with van der Waals surface area (Å²) in [5.74, 6) is -0.617. The van der Waals surface area contributed by atoms with Crippen LogP contribution in [0.4, 0.5) is 15.9 Å². The summed E-state index contributed by atoms with van der Waals surface area (Å²) in [6, 6.07) is 11.2. The number of amides is 2. The molecule has 2 heterocycles. The van der Waals surface area contributed by atoms with Crippen molar-refractivity contribution in [2.75, 3.05) is 31.2 Å². The van der Waals surface area contributed by atoms with Gasteiger partial charge < -0.3 is 14.8 Å². The van der Waals surface area contributed by atoms with E-state index in [1.54, 1.807) is 36.8 Å². The van der Waals surface area contributed by atoms with Crippen LogP contribution >= 0.6 is 0 Å². The maximum Gasteiger partial charge on any atom is 0.260 e. The van der Waals surface area contributed by atoms with Crippen molar-refractivity contribution in [1.29, 1.82) is 0 Å². The summed E-state index contributed by atoms with van der Waals surface area (Å²) in [4.78, 5) is 35.0. The smallest absolute Gasteiger partial charge is 0.260 e. The van der Waals surface area contributed by atoms with E-state index in [-0.39, 0.29) is 24.3 Å². The van der Waals surface area contributed by atoms with Crippen LogP contribution in [0, 0.1) is 12.7 Å². The zero-order valence-corrected chi connectivity index (χ0v) is 19.7. The lowest BCUT2D eigenvalue weighted by Gasteiger charge is -2.23. The van der Waals surface area contributed by atoms with Gasteiger partial charge in [-0.15, -0.1) is 0 Å². The molecule has 35 heavy (non-hydrogen) atoms. The summed E-state index contributed by atoms with van der Waals surface area (Å²) in [7, 11) is 2.84. The van der Waals surface area contributed by atoms with E-state index in [0.717, 1.165) is 11.1 Å². The molecule has 0 bridgehead atoms. The number of halogens is 1. The second kappa shape index (κ2) is 9.90. The second-order valence-electron chi connectivity index (χ2n) is 7.83. The van der Waals surface area contributed by atoms with Crippen molar-refractivity contribution in [3.8, 4) is 11.4 Å². The van der Waals surface area contributed by atoms with Crippen molar-refractivity contribution in [2.24, 2.45) is 0 Å². The van der Waals surface area contributed by atoms with Gasteiger partial charge in [-0.2, -0.15) is 0 Å². The Balaban J connectivity index is 1.74. The number of anilines is 2. The Hall–Kier alpha value is -4.31. The van der Waals surface area contributed by atoms with Crippen LogP contribution in [0.2, 0.25) is 0 Å². The summed E-state index contributed by atoms with van der Waals surface area (Å²) in [6.07, 6.45) is 3.26. The number of hydrogen-bond donors (Lipinski definition) is 1. The molecular weight excluding hydrogens is 453 g/mol. The summed E-state index contributed by atoms with van der Waals surface area (Å²) in [5.41, 5.74) is 3.79. The predicted molar refractivity (Wildman–Crippen MR) is 130 cm³/mol. The molecule has 0 aliphatic heterocycles. The molecule has 0 aliphatic carbocycles. The lowest BCUT2D eigenvalue weighted by Crippen LogP contribution is -2.33. The molecule has 4 rings (SSSR count). The van der Waals surface area contributed by atoms with Crippen LogP contribution in [0.25, 0.3) is 16.7 Å². The third kappa shape index (κ3) is 4.82. The zero-order valence-electron chi connectivity index (χ0n) is 19.7. The molecule has 0 fully saturated rings. The van der Waals surface area contributed by atoms with Crippen LogP contribution in [0.5, 0.6) is 5.75 Å². The van der Waals surface area contributed by atoms with Gasteiger partial charge >= 0.3 is 0 Å². The van der Waals surface area contributed by atoms with Crippen LogP contribution in [0.15, 0.2) is 55.0 Å². The molecule has 0 saturated carbocycles. The lowest BCUT2D eigenvalue weighted by atomic mass is 10.1. The van der Waals surface area contributed by atoms with Gasteiger partial charge in [0, 0.05) is 25.7 Å². The number of aromatic nitrogens is 3. The molecule has 0 radical (unpaired) electrons. The van der Waals surface area contributed by atoms with Crippen molar-refractivity contribution in [2.45, 2.75) is 13.8 Å². The number of hydrogen-bond acceptors (Lipinski definition) is 6. The van der Waals surface area contributed by atoms with Crippen molar-refractivity contribution in [3.05, 3.63) is 71.9 Å². The molecule has 1 N–H and O–H groups in total. The molecule has 0 atom stereocenters. The number of aryl methyl sites for hydroxylation is 1. The van der Waals surface area contributed by atoms with Gasteiger partial charge in [-0.3, -0.25) is 19.1 Å². The van der Waals surface area contributed by atoms with Crippen LogP contribution in [-0.2, 0) is 9.53 Å². The maximum absolute atomic E-state index is 13.9. The number of methoxy groups -OCH3 is 2. The van der Waals surface area contributed by atoms with Crippen LogP contribution < -0.4 is 15.0 Å². The lowest BCUT2D eigenvalue weighted by molar-refractivity contribution is -0.114. The third-order valence-electron chi connectivity index (χ3n) is 5.37. The molecule has 2 aromatic carbocycles. The van der Waals surface area contributed by atoms with E-state index in [0.29, 0.717) is 28.3 Å². The van der Waals surface area contributed by atoms with Crippen molar-refractivity contribution in [1.82, 2.24) is 14.5 Å². The highest BCUT2D eigenvalue weighted by Gasteiger charge is 2.21. The van der Waals surface area contributed by atoms with Crippen molar-refractivity contribution < 1.29 is 23.5 Å². The monoisotopic (exact) mass is 477 g/mol. The van der Waals surface area contributed by atoms with E-state index in [4.69, 9.17) is 9.47 Å². The van der Waals surface area contributed by atoms with Gasteiger partial charge in [0.25, 0.3) is 5.91 Å². The second-order valence-corrected chi connectivity index (χ2v) is 7.83. The van der Waals surface area contributed by atoms with Crippen LogP contribution in [0.1, 0.15) is 22.8 Å². The molecular formula is C25H24FN5O4. The molecule has 2 aromatic heterocycles. The van der Waals surface area contributed by atoms with E-state index >= 15 is 0 Å². The molecule has 2 amide bonds. The normalized spacial score (nSPS) is 10.9. The standard InChI is InChI=1S/C25H24FN5O4/c1-15-9-17(25(33)31(14-34-3)18-5-7-20(26)22(11-18)35-4)10-21-24(15)28-13-30(21)19-6-8-23(27-12-19)29-16(2)32/h5-13H,14H2,1-4H3,(H,27,29,32). The first-order valence-corrected chi connectivity index (χ1v) is 10.7. The Morgan fingerprint density at radius 3 is 2.57 bits per heavy atom. The maximum atomic E-state index is 13.9.